The number of nitrogens with one attached hydrogen (secondary N) is 1. The summed E-state index contributed by atoms with van der Waals surface area (Å²) in [5.74, 6) is 1.19. The number of hydrogen-bond acceptors (Lipinski definition) is 5. The van der Waals surface area contributed by atoms with Crippen molar-refractivity contribution in [2.24, 2.45) is 0 Å². The van der Waals surface area contributed by atoms with E-state index in [2.05, 4.69) is 17.2 Å². The van der Waals surface area contributed by atoms with Crippen molar-refractivity contribution in [1.29, 1.82) is 0 Å². The third-order valence-electron chi connectivity index (χ3n) is 2.82. The molecule has 0 radical (unpaired) electrons. The summed E-state index contributed by atoms with van der Waals surface area (Å²) in [6.45, 7) is 5.18. The summed E-state index contributed by atoms with van der Waals surface area (Å²) in [4.78, 5) is 15.8. The number of ether oxygens (including phenoxy) is 2. The molecule has 1 aromatic heterocycles. The molecule has 0 atom stereocenters. The van der Waals surface area contributed by atoms with Crippen LogP contribution in [0.25, 0.3) is 6.08 Å². The first-order valence-electron chi connectivity index (χ1n) is 7.51. The minimum absolute atomic E-state index is 0.218. The van der Waals surface area contributed by atoms with Gasteiger partial charge in [0.1, 0.15) is 0 Å². The first kappa shape index (κ1) is 17.0. The Bertz CT molecular complexity index is 654. The number of amides is 1. The number of aromatic nitrogens is 1. The summed E-state index contributed by atoms with van der Waals surface area (Å²) in [7, 11) is 0. The molecule has 0 saturated carbocycles. The van der Waals surface area contributed by atoms with Crippen LogP contribution in [0.2, 0.25) is 0 Å². The van der Waals surface area contributed by atoms with E-state index in [-0.39, 0.29) is 5.91 Å². The van der Waals surface area contributed by atoms with Crippen LogP contribution in [0.3, 0.4) is 0 Å². The number of rotatable bonds is 8. The highest BCUT2D eigenvalue weighted by Crippen LogP contribution is 2.29. The smallest absolute Gasteiger partial charge is 0.250 e. The molecular weight excluding hydrogens is 312 g/mol. The Hall–Kier alpha value is -2.34. The number of nitrogens with zero attached hydrogens (tertiary/aromatic N) is 1. The molecule has 6 heteroatoms. The van der Waals surface area contributed by atoms with Crippen LogP contribution in [0.15, 0.2) is 35.9 Å². The van der Waals surface area contributed by atoms with E-state index in [0.29, 0.717) is 24.1 Å². The Morgan fingerprint density at radius 1 is 1.30 bits per heavy atom. The van der Waals surface area contributed by atoms with Crippen molar-refractivity contribution in [2.75, 3.05) is 18.5 Å². The Morgan fingerprint density at radius 3 is 2.87 bits per heavy atom. The van der Waals surface area contributed by atoms with Gasteiger partial charge in [-0.2, -0.15) is 0 Å². The van der Waals surface area contributed by atoms with Crippen molar-refractivity contribution in [3.63, 3.8) is 0 Å². The summed E-state index contributed by atoms with van der Waals surface area (Å²) in [5.41, 5.74) is 0.867. The van der Waals surface area contributed by atoms with E-state index < -0.39 is 0 Å². The minimum Gasteiger partial charge on any atom is -0.490 e. The molecule has 0 aliphatic heterocycles. The molecule has 0 aliphatic rings. The standard InChI is InChI=1S/C17H20N2O3S/c1-3-10-22-14-7-5-13(12-15(14)21-4-2)6-8-16(20)19-17-18-9-11-23-17/h5-9,11-12H,3-4,10H2,1-2H3,(H,18,19,20)/b8-6+. The predicted octanol–water partition coefficient (Wildman–Crippen LogP) is 3.98. The van der Waals surface area contributed by atoms with E-state index >= 15 is 0 Å². The van der Waals surface area contributed by atoms with Gasteiger partial charge >= 0.3 is 0 Å². The molecule has 0 fully saturated rings. The van der Waals surface area contributed by atoms with Crippen molar-refractivity contribution in [3.05, 3.63) is 41.4 Å². The Kier molecular flexibility index (Phi) is 6.62. The van der Waals surface area contributed by atoms with E-state index in [1.807, 2.05) is 30.5 Å². The van der Waals surface area contributed by atoms with Crippen LogP contribution < -0.4 is 14.8 Å². The van der Waals surface area contributed by atoms with Gasteiger partial charge in [0, 0.05) is 17.7 Å². The van der Waals surface area contributed by atoms with Gasteiger partial charge in [-0.3, -0.25) is 10.1 Å². The highest BCUT2D eigenvalue weighted by Gasteiger charge is 2.06. The normalized spacial score (nSPS) is 10.7. The van der Waals surface area contributed by atoms with E-state index in [1.54, 1.807) is 12.3 Å². The fraction of sp³-hybridized carbons (Fsp3) is 0.294. The number of hydrogen-bond donors (Lipinski definition) is 1. The van der Waals surface area contributed by atoms with Gasteiger partial charge in [-0.15, -0.1) is 11.3 Å². The summed E-state index contributed by atoms with van der Waals surface area (Å²) in [6.07, 6.45) is 5.78. The molecule has 2 rings (SSSR count). The highest BCUT2D eigenvalue weighted by molar-refractivity contribution is 7.13. The van der Waals surface area contributed by atoms with Gasteiger partial charge in [0.2, 0.25) is 5.91 Å². The largest absolute Gasteiger partial charge is 0.490 e. The van der Waals surface area contributed by atoms with Gasteiger partial charge in [0.25, 0.3) is 0 Å². The van der Waals surface area contributed by atoms with Crippen LogP contribution in [0.4, 0.5) is 5.13 Å². The summed E-state index contributed by atoms with van der Waals surface area (Å²) < 4.78 is 11.3. The maximum Gasteiger partial charge on any atom is 0.250 e. The fourth-order valence-electron chi connectivity index (χ4n) is 1.83. The van der Waals surface area contributed by atoms with Crippen LogP contribution >= 0.6 is 11.3 Å². The fourth-order valence-corrected chi connectivity index (χ4v) is 2.36. The second kappa shape index (κ2) is 8.95. The average Bonchev–Trinajstić information content (AvgIpc) is 3.05. The molecule has 0 bridgehead atoms. The number of benzene rings is 1. The summed E-state index contributed by atoms with van der Waals surface area (Å²) in [6, 6.07) is 5.61. The van der Waals surface area contributed by atoms with Crippen LogP contribution in [-0.2, 0) is 4.79 Å². The third kappa shape index (κ3) is 5.41. The van der Waals surface area contributed by atoms with E-state index in [4.69, 9.17) is 9.47 Å². The molecule has 2 aromatic rings. The lowest BCUT2D eigenvalue weighted by Crippen LogP contribution is -2.07. The predicted molar refractivity (Wildman–Crippen MR) is 93.2 cm³/mol. The van der Waals surface area contributed by atoms with E-state index in [9.17, 15) is 4.79 Å². The quantitative estimate of drug-likeness (QED) is 0.743. The second-order valence-electron chi connectivity index (χ2n) is 4.65. The van der Waals surface area contributed by atoms with Crippen LogP contribution in [0.1, 0.15) is 25.8 Å². The number of carbonyl (C=O) groups is 1. The van der Waals surface area contributed by atoms with Gasteiger partial charge in [-0.25, -0.2) is 4.98 Å². The highest BCUT2D eigenvalue weighted by atomic mass is 32.1. The first-order valence-corrected chi connectivity index (χ1v) is 8.39. The van der Waals surface area contributed by atoms with Crippen molar-refractivity contribution < 1.29 is 14.3 Å². The maximum atomic E-state index is 11.8. The zero-order chi connectivity index (χ0) is 16.5. The van der Waals surface area contributed by atoms with Crippen molar-refractivity contribution in [1.82, 2.24) is 4.98 Å². The first-order chi connectivity index (χ1) is 11.2. The molecule has 23 heavy (non-hydrogen) atoms. The van der Waals surface area contributed by atoms with Crippen LogP contribution in [0.5, 0.6) is 11.5 Å². The van der Waals surface area contributed by atoms with Crippen molar-refractivity contribution >= 4 is 28.5 Å². The number of carbonyl (C=O) groups excluding carboxylic acids is 1. The lowest BCUT2D eigenvalue weighted by Gasteiger charge is -2.12. The molecule has 0 unspecified atom stereocenters. The lowest BCUT2D eigenvalue weighted by atomic mass is 10.2. The van der Waals surface area contributed by atoms with Crippen molar-refractivity contribution in [2.45, 2.75) is 20.3 Å². The third-order valence-corrected chi connectivity index (χ3v) is 3.51. The van der Waals surface area contributed by atoms with Crippen LogP contribution in [0, 0.1) is 0 Å². The van der Waals surface area contributed by atoms with E-state index in [1.165, 1.54) is 17.4 Å². The molecule has 5 nitrogen and oxygen atoms in total. The van der Waals surface area contributed by atoms with Gasteiger partial charge in [-0.1, -0.05) is 13.0 Å². The van der Waals surface area contributed by atoms with Crippen LogP contribution in [-0.4, -0.2) is 24.1 Å². The SMILES string of the molecule is CCCOc1ccc(/C=C/C(=O)Nc2nccs2)cc1OCC. The van der Waals surface area contributed by atoms with Gasteiger partial charge in [0.15, 0.2) is 16.6 Å². The van der Waals surface area contributed by atoms with Crippen molar-refractivity contribution in [3.8, 4) is 11.5 Å². The zero-order valence-corrected chi connectivity index (χ0v) is 14.1. The van der Waals surface area contributed by atoms with Gasteiger partial charge < -0.3 is 9.47 Å². The van der Waals surface area contributed by atoms with E-state index in [0.717, 1.165) is 17.7 Å². The Balaban J connectivity index is 2.05. The number of anilines is 1. The monoisotopic (exact) mass is 332 g/mol. The second-order valence-corrected chi connectivity index (χ2v) is 5.54. The molecule has 1 heterocycles. The molecule has 0 spiro atoms. The summed E-state index contributed by atoms with van der Waals surface area (Å²) >= 11 is 1.38. The zero-order valence-electron chi connectivity index (χ0n) is 13.2. The molecular formula is C17H20N2O3S. The minimum atomic E-state index is -0.218. The molecule has 1 amide bonds. The average molecular weight is 332 g/mol. The van der Waals surface area contributed by atoms with Gasteiger partial charge in [-0.05, 0) is 37.1 Å². The maximum absolute atomic E-state index is 11.8. The van der Waals surface area contributed by atoms with Gasteiger partial charge in [0.05, 0.1) is 13.2 Å². The summed E-state index contributed by atoms with van der Waals surface area (Å²) in [5, 5.41) is 5.09. The molecule has 0 aliphatic carbocycles. The Labute approximate surface area is 140 Å². The molecule has 122 valence electrons. The molecule has 1 aromatic carbocycles. The lowest BCUT2D eigenvalue weighted by molar-refractivity contribution is -0.111. The molecule has 1 N–H and O–H groups in total. The molecule has 0 saturated heterocycles. The number of thiazole rings is 1. The topological polar surface area (TPSA) is 60.5 Å². The Morgan fingerprint density at radius 2 is 2.17 bits per heavy atom.